The Morgan fingerprint density at radius 2 is 1.48 bits per heavy atom. The highest BCUT2D eigenvalue weighted by atomic mass is 16.8. The van der Waals surface area contributed by atoms with Crippen molar-refractivity contribution in [1.29, 1.82) is 0 Å². The summed E-state index contributed by atoms with van der Waals surface area (Å²) in [5.74, 6) is -2.48. The van der Waals surface area contributed by atoms with Crippen molar-refractivity contribution >= 4 is 11.9 Å². The van der Waals surface area contributed by atoms with Gasteiger partial charge in [0, 0.05) is 17.9 Å². The first kappa shape index (κ1) is 44.9. The van der Waals surface area contributed by atoms with Gasteiger partial charge in [-0.25, -0.2) is 0 Å². The number of hydrogen-bond acceptors (Lipinski definition) is 17. The lowest BCUT2D eigenvalue weighted by atomic mass is 9.42. The zero-order valence-electron chi connectivity index (χ0n) is 33.7. The molecule has 0 radical (unpaired) electrons. The summed E-state index contributed by atoms with van der Waals surface area (Å²) in [6, 6.07) is 1.45. The van der Waals surface area contributed by atoms with Crippen LogP contribution in [0.4, 0.5) is 0 Å². The summed E-state index contributed by atoms with van der Waals surface area (Å²) in [6.45, 7) is 10.0. The van der Waals surface area contributed by atoms with Crippen LogP contribution in [0.2, 0.25) is 0 Å². The fourth-order valence-electron chi connectivity index (χ4n) is 10.6. The first-order chi connectivity index (χ1) is 26.8. The van der Waals surface area contributed by atoms with Crippen LogP contribution in [0.1, 0.15) is 71.1 Å². The standard InChI is InChI=1S/C41H60O17/c1-17-18-8-9-24-38(4)13-20(44)34(41(7,54)25(45)10-11-37(2,3)53)39(38,5)14-26(46)40(24,6)19(18)12-21(27(17)47)55-36-33(31(51)29(49)23(16-43)57-36)58-35-32(52)30(50)28(48)22(15-42)56-35/h8-12,20,22-25,28-36,42-45,47-54H,13-16H2,1-7H3/b11-10+/t20-,22-,23?,24?,25?,28-,29-,30+,31+,32-,33-,34+,35+,36-,38?,39?,40?,41?/m1/s1. The number of aromatic hydroxyl groups is 1. The number of aliphatic hydroxyl groups is 11. The van der Waals surface area contributed by atoms with Crippen molar-refractivity contribution < 1.29 is 85.0 Å². The predicted molar refractivity (Wildman–Crippen MR) is 202 cm³/mol. The van der Waals surface area contributed by atoms with E-state index in [4.69, 9.17) is 18.9 Å². The van der Waals surface area contributed by atoms with Crippen LogP contribution in [-0.2, 0) is 24.4 Å². The molecule has 1 aromatic rings. The molecule has 6 rings (SSSR count). The lowest BCUT2D eigenvalue weighted by Crippen LogP contribution is -2.65. The number of phenolic OH excluding ortho intramolecular Hbond substituents is 1. The quantitative estimate of drug-likeness (QED) is 0.118. The Hall–Kier alpha value is -2.59. The van der Waals surface area contributed by atoms with Gasteiger partial charge in [-0.1, -0.05) is 38.2 Å². The van der Waals surface area contributed by atoms with Gasteiger partial charge in [-0.05, 0) is 75.0 Å². The second-order valence-corrected chi connectivity index (χ2v) is 18.3. The molecule has 17 nitrogen and oxygen atoms in total. The number of benzene rings is 1. The van der Waals surface area contributed by atoms with E-state index in [1.807, 2.05) is 19.9 Å². The maximum Gasteiger partial charge on any atom is 0.229 e. The zero-order chi connectivity index (χ0) is 43.2. The largest absolute Gasteiger partial charge is 0.504 e. The Bertz CT molecular complexity index is 1770. The van der Waals surface area contributed by atoms with Crippen molar-refractivity contribution in [1.82, 2.24) is 0 Å². The molecule has 7 unspecified atom stereocenters. The molecule has 3 aliphatic carbocycles. The maximum atomic E-state index is 14.8. The van der Waals surface area contributed by atoms with Crippen molar-refractivity contribution in [3.05, 3.63) is 41.0 Å². The Morgan fingerprint density at radius 3 is 2.07 bits per heavy atom. The second kappa shape index (κ2) is 15.4. The van der Waals surface area contributed by atoms with Crippen molar-refractivity contribution in [2.24, 2.45) is 22.7 Å². The minimum atomic E-state index is -1.93. The van der Waals surface area contributed by atoms with Gasteiger partial charge in [0.1, 0.15) is 54.6 Å². The molecule has 58 heavy (non-hydrogen) atoms. The van der Waals surface area contributed by atoms with Crippen molar-refractivity contribution in [3.63, 3.8) is 0 Å². The van der Waals surface area contributed by atoms with Crippen LogP contribution in [-0.4, -0.2) is 165 Å². The minimum absolute atomic E-state index is 0.122. The first-order valence-corrected chi connectivity index (χ1v) is 19.6. The van der Waals surface area contributed by atoms with Crippen LogP contribution in [0.25, 0.3) is 6.08 Å². The number of rotatable bonds is 10. The van der Waals surface area contributed by atoms with Gasteiger partial charge in [-0.2, -0.15) is 0 Å². The van der Waals surface area contributed by atoms with E-state index in [9.17, 15) is 66.1 Å². The molecular weight excluding hydrogens is 764 g/mol. The van der Waals surface area contributed by atoms with Crippen LogP contribution >= 0.6 is 0 Å². The number of phenols is 1. The Morgan fingerprint density at radius 1 is 0.897 bits per heavy atom. The van der Waals surface area contributed by atoms with Gasteiger partial charge >= 0.3 is 0 Å². The molecule has 2 saturated carbocycles. The molecule has 4 fully saturated rings. The molecular formula is C41H60O17. The van der Waals surface area contributed by atoms with Gasteiger partial charge in [0.15, 0.2) is 23.9 Å². The number of carbonyl (C=O) groups is 1. The van der Waals surface area contributed by atoms with Gasteiger partial charge in [0.25, 0.3) is 0 Å². The molecule has 2 heterocycles. The van der Waals surface area contributed by atoms with E-state index in [1.165, 1.54) is 39.0 Å². The molecule has 0 bridgehead atoms. The Kier molecular flexibility index (Phi) is 11.9. The lowest BCUT2D eigenvalue weighted by Gasteiger charge is -2.60. The van der Waals surface area contributed by atoms with Gasteiger partial charge in [0.05, 0.1) is 35.9 Å². The minimum Gasteiger partial charge on any atom is -0.504 e. The topological polar surface area (TPSA) is 297 Å². The SMILES string of the molecule is Cc1c(O)c(O[C@@H]2OC(CO)[C@@H](O)[C@H](O)[C@H]2O[C@@H]2O[C@H](CO)[C@@H](O)[C@H](O)[C@H]2O)cc2c1C=CC1C2(C)C(=O)CC2(C)[C@@H](C(C)(O)C(O)/C=C/C(C)(C)O)[C@H](O)CC12C. The van der Waals surface area contributed by atoms with E-state index in [-0.39, 0.29) is 30.1 Å². The van der Waals surface area contributed by atoms with Crippen LogP contribution in [0.3, 0.4) is 0 Å². The molecule has 2 aliphatic heterocycles. The highest BCUT2D eigenvalue weighted by Crippen LogP contribution is 2.71. The smallest absolute Gasteiger partial charge is 0.229 e. The third-order valence-electron chi connectivity index (χ3n) is 14.1. The van der Waals surface area contributed by atoms with Gasteiger partial charge in [-0.15, -0.1) is 0 Å². The number of allylic oxidation sites excluding steroid dienone is 1. The summed E-state index contributed by atoms with van der Waals surface area (Å²) in [5.41, 5.74) is -5.20. The number of hydrogen-bond donors (Lipinski definition) is 12. The molecule has 18 atom stereocenters. The van der Waals surface area contributed by atoms with Crippen molar-refractivity contribution in [3.8, 4) is 11.5 Å². The van der Waals surface area contributed by atoms with E-state index in [0.717, 1.165) is 0 Å². The van der Waals surface area contributed by atoms with E-state index in [0.29, 0.717) is 16.7 Å². The number of aliphatic hydroxyl groups excluding tert-OH is 9. The Labute approximate surface area is 336 Å². The van der Waals surface area contributed by atoms with Crippen LogP contribution in [0, 0.1) is 29.6 Å². The number of ketones is 1. The number of fused-ring (bicyclic) bond motifs is 5. The van der Waals surface area contributed by atoms with Crippen LogP contribution in [0.5, 0.6) is 11.5 Å². The highest BCUT2D eigenvalue weighted by Gasteiger charge is 2.73. The van der Waals surface area contributed by atoms with E-state index < -0.39 is 126 Å². The summed E-state index contributed by atoms with van der Waals surface area (Å²) in [6.07, 6.45) is -13.6. The normalized spacial score (nSPS) is 44.4. The van der Waals surface area contributed by atoms with Gasteiger partial charge < -0.3 is 80.2 Å². The third-order valence-corrected chi connectivity index (χ3v) is 14.1. The molecule has 1 aromatic carbocycles. The average molecular weight is 825 g/mol. The zero-order valence-corrected chi connectivity index (χ0v) is 33.7. The molecule has 17 heteroatoms. The first-order valence-electron chi connectivity index (χ1n) is 19.6. The van der Waals surface area contributed by atoms with Crippen molar-refractivity contribution in [2.45, 2.75) is 152 Å². The highest BCUT2D eigenvalue weighted by molar-refractivity contribution is 5.95. The summed E-state index contributed by atoms with van der Waals surface area (Å²) in [4.78, 5) is 14.8. The van der Waals surface area contributed by atoms with E-state index in [2.05, 4.69) is 0 Å². The van der Waals surface area contributed by atoms with E-state index >= 15 is 0 Å². The average Bonchev–Trinajstić information content (AvgIpc) is 3.36. The lowest BCUT2D eigenvalue weighted by molar-refractivity contribution is -0.358. The summed E-state index contributed by atoms with van der Waals surface area (Å²) in [7, 11) is 0. The number of ether oxygens (including phenoxy) is 4. The molecule has 0 spiro atoms. The molecule has 0 aromatic heterocycles. The van der Waals surface area contributed by atoms with Gasteiger partial charge in [-0.3, -0.25) is 4.79 Å². The summed E-state index contributed by atoms with van der Waals surface area (Å²) < 4.78 is 23.3. The Balaban J connectivity index is 1.37. The predicted octanol–water partition coefficient (Wildman–Crippen LogP) is -1.59. The monoisotopic (exact) mass is 824 g/mol. The fraction of sp³-hybridized carbons (Fsp3) is 0.732. The number of Topliss-reactive ketones (excluding diaryl/α,β-unsaturated/α-hetero) is 1. The van der Waals surface area contributed by atoms with Crippen LogP contribution < -0.4 is 4.74 Å². The molecule has 12 N–H and O–H groups in total. The van der Waals surface area contributed by atoms with Gasteiger partial charge in [0.2, 0.25) is 6.29 Å². The third kappa shape index (κ3) is 6.94. The second-order valence-electron chi connectivity index (χ2n) is 18.3. The van der Waals surface area contributed by atoms with Crippen molar-refractivity contribution in [2.75, 3.05) is 13.2 Å². The maximum absolute atomic E-state index is 14.8. The number of carbonyl (C=O) groups excluding carboxylic acids is 1. The van der Waals surface area contributed by atoms with Crippen LogP contribution in [0.15, 0.2) is 24.3 Å². The fourth-order valence-corrected chi connectivity index (χ4v) is 10.6. The summed E-state index contributed by atoms with van der Waals surface area (Å²) in [5, 5.41) is 130. The molecule has 0 amide bonds. The molecule has 5 aliphatic rings. The molecule has 326 valence electrons. The molecule has 2 saturated heterocycles. The summed E-state index contributed by atoms with van der Waals surface area (Å²) >= 11 is 0. The van der Waals surface area contributed by atoms with E-state index in [1.54, 1.807) is 19.9 Å².